The van der Waals surface area contributed by atoms with Crippen LogP contribution in [0.3, 0.4) is 0 Å². The average Bonchev–Trinajstić information content (AvgIpc) is 3.15. The molecule has 4 rings (SSSR count). The fraction of sp³-hybridized carbons (Fsp3) is 0.714. The largest absolute Gasteiger partial charge is 0.376 e. The van der Waals surface area contributed by atoms with Crippen molar-refractivity contribution in [1.82, 2.24) is 20.0 Å². The normalized spacial score (nSPS) is 22.8. The number of aromatic amines is 1. The van der Waals surface area contributed by atoms with Crippen molar-refractivity contribution in [2.45, 2.75) is 84.0 Å². The Hall–Kier alpha value is -1.66. The first-order valence-corrected chi connectivity index (χ1v) is 10.0. The summed E-state index contributed by atoms with van der Waals surface area (Å²) in [5, 5.41) is 12.7. The number of hydrogen-bond acceptors (Lipinski definition) is 4. The van der Waals surface area contributed by atoms with Crippen LogP contribution in [0.5, 0.6) is 0 Å². The third kappa shape index (κ3) is 3.23. The fourth-order valence-electron chi connectivity index (χ4n) is 4.96. The lowest BCUT2D eigenvalue weighted by Gasteiger charge is -2.39. The molecule has 0 amide bonds. The van der Waals surface area contributed by atoms with Gasteiger partial charge >= 0.3 is 0 Å². The van der Waals surface area contributed by atoms with Gasteiger partial charge in [-0.2, -0.15) is 10.2 Å². The van der Waals surface area contributed by atoms with Crippen molar-refractivity contribution < 1.29 is 9.47 Å². The summed E-state index contributed by atoms with van der Waals surface area (Å²) in [6.07, 6.45) is 2.70. The third-order valence-corrected chi connectivity index (χ3v) is 6.11. The summed E-state index contributed by atoms with van der Waals surface area (Å²) in [5.74, 6) is 0.412. The monoisotopic (exact) mass is 372 g/mol. The Labute approximate surface area is 161 Å². The van der Waals surface area contributed by atoms with Gasteiger partial charge in [-0.05, 0) is 19.3 Å². The Morgan fingerprint density at radius 1 is 1.26 bits per heavy atom. The highest BCUT2D eigenvalue weighted by molar-refractivity contribution is 5.34. The SMILES string of the molecule is CC(C)c1n[nH]c2c1COC(C)(CC(C)(C)c1nn(C)c3c1COCC3)C2. The Balaban J connectivity index is 1.59. The maximum atomic E-state index is 6.42. The van der Waals surface area contributed by atoms with Gasteiger partial charge in [-0.25, -0.2) is 0 Å². The van der Waals surface area contributed by atoms with Crippen molar-refractivity contribution in [3.8, 4) is 0 Å². The van der Waals surface area contributed by atoms with E-state index in [1.807, 2.05) is 11.7 Å². The van der Waals surface area contributed by atoms with E-state index < -0.39 is 0 Å². The maximum absolute atomic E-state index is 6.42. The van der Waals surface area contributed by atoms with Crippen LogP contribution in [0.1, 0.15) is 80.9 Å². The van der Waals surface area contributed by atoms with E-state index in [0.29, 0.717) is 19.1 Å². The van der Waals surface area contributed by atoms with Gasteiger partial charge in [0.1, 0.15) is 0 Å². The molecule has 148 valence electrons. The zero-order valence-electron chi connectivity index (χ0n) is 17.5. The lowest BCUT2D eigenvalue weighted by atomic mass is 9.74. The van der Waals surface area contributed by atoms with Gasteiger partial charge in [0.25, 0.3) is 0 Å². The Bertz CT molecular complexity index is 849. The van der Waals surface area contributed by atoms with Gasteiger partial charge in [0.2, 0.25) is 0 Å². The summed E-state index contributed by atoms with van der Waals surface area (Å²) < 4.78 is 14.2. The van der Waals surface area contributed by atoms with E-state index in [1.54, 1.807) is 0 Å². The summed E-state index contributed by atoms with van der Waals surface area (Å²) >= 11 is 0. The van der Waals surface area contributed by atoms with Crippen molar-refractivity contribution in [3.63, 3.8) is 0 Å². The summed E-state index contributed by atoms with van der Waals surface area (Å²) in [4.78, 5) is 0. The van der Waals surface area contributed by atoms with Gasteiger partial charge in [-0.1, -0.05) is 27.7 Å². The summed E-state index contributed by atoms with van der Waals surface area (Å²) in [6.45, 7) is 13.2. The summed E-state index contributed by atoms with van der Waals surface area (Å²) in [7, 11) is 2.05. The molecule has 0 saturated heterocycles. The van der Waals surface area contributed by atoms with Gasteiger partial charge < -0.3 is 9.47 Å². The first kappa shape index (κ1) is 18.7. The number of nitrogens with one attached hydrogen (secondary N) is 1. The Kier molecular flexibility index (Phi) is 4.47. The smallest absolute Gasteiger partial charge is 0.0760 e. The van der Waals surface area contributed by atoms with Crippen LogP contribution in [-0.4, -0.2) is 32.2 Å². The summed E-state index contributed by atoms with van der Waals surface area (Å²) in [5.41, 5.74) is 7.04. The molecule has 2 aromatic heterocycles. The quantitative estimate of drug-likeness (QED) is 0.891. The van der Waals surface area contributed by atoms with Crippen LogP contribution in [0, 0.1) is 0 Å². The second kappa shape index (κ2) is 6.45. The van der Waals surface area contributed by atoms with Crippen LogP contribution in [-0.2, 0) is 48.0 Å². The molecule has 2 aliphatic rings. The predicted octanol–water partition coefficient (Wildman–Crippen LogP) is 3.54. The minimum Gasteiger partial charge on any atom is -0.376 e. The molecule has 1 atom stereocenters. The van der Waals surface area contributed by atoms with E-state index in [1.165, 1.54) is 22.5 Å². The van der Waals surface area contributed by atoms with Crippen molar-refractivity contribution in [2.75, 3.05) is 6.61 Å². The van der Waals surface area contributed by atoms with Crippen LogP contribution in [0.25, 0.3) is 0 Å². The van der Waals surface area contributed by atoms with E-state index in [0.717, 1.165) is 37.3 Å². The number of aryl methyl sites for hydroxylation is 1. The number of aromatic nitrogens is 4. The van der Waals surface area contributed by atoms with Crippen LogP contribution in [0.15, 0.2) is 0 Å². The van der Waals surface area contributed by atoms with E-state index in [2.05, 4.69) is 44.8 Å². The molecule has 0 fully saturated rings. The van der Waals surface area contributed by atoms with Crippen LogP contribution >= 0.6 is 0 Å². The molecular formula is C21H32N4O2. The molecule has 4 heterocycles. The molecule has 27 heavy (non-hydrogen) atoms. The molecule has 2 aromatic rings. The number of rotatable bonds is 4. The molecule has 0 spiro atoms. The number of ether oxygens (including phenoxy) is 2. The molecule has 1 N–H and O–H groups in total. The molecule has 0 bridgehead atoms. The Morgan fingerprint density at radius 3 is 2.78 bits per heavy atom. The molecule has 1 unspecified atom stereocenters. The lowest BCUT2D eigenvalue weighted by Crippen LogP contribution is -2.41. The van der Waals surface area contributed by atoms with E-state index >= 15 is 0 Å². The zero-order valence-corrected chi connectivity index (χ0v) is 17.5. The molecule has 2 aliphatic heterocycles. The van der Waals surface area contributed by atoms with E-state index in [4.69, 9.17) is 14.6 Å². The van der Waals surface area contributed by atoms with Crippen molar-refractivity contribution in [2.24, 2.45) is 7.05 Å². The lowest BCUT2D eigenvalue weighted by molar-refractivity contribution is -0.0717. The highest BCUT2D eigenvalue weighted by atomic mass is 16.5. The highest BCUT2D eigenvalue weighted by Gasteiger charge is 2.41. The molecule has 0 radical (unpaired) electrons. The standard InChI is InChI=1S/C21H32N4O2/c1-13(2)18-14-11-27-21(5,9-16(14)22-23-18)12-20(3,4)19-15-10-26-8-7-17(15)25(6)24-19/h13H,7-12H2,1-6H3,(H,22,23). The van der Waals surface area contributed by atoms with Crippen LogP contribution < -0.4 is 0 Å². The first-order chi connectivity index (χ1) is 12.7. The van der Waals surface area contributed by atoms with Gasteiger partial charge in [0.15, 0.2) is 0 Å². The molecule has 0 saturated carbocycles. The molecule has 6 heteroatoms. The van der Waals surface area contributed by atoms with Crippen molar-refractivity contribution >= 4 is 0 Å². The molecule has 6 nitrogen and oxygen atoms in total. The maximum Gasteiger partial charge on any atom is 0.0760 e. The van der Waals surface area contributed by atoms with Crippen molar-refractivity contribution in [1.29, 1.82) is 0 Å². The fourth-order valence-corrected chi connectivity index (χ4v) is 4.96. The van der Waals surface area contributed by atoms with Crippen LogP contribution in [0.4, 0.5) is 0 Å². The third-order valence-electron chi connectivity index (χ3n) is 6.11. The number of H-pyrrole nitrogens is 1. The number of fused-ring (bicyclic) bond motifs is 2. The predicted molar refractivity (Wildman–Crippen MR) is 104 cm³/mol. The number of hydrogen-bond donors (Lipinski definition) is 1. The molecular weight excluding hydrogens is 340 g/mol. The number of nitrogens with zero attached hydrogens (tertiary/aromatic N) is 3. The zero-order chi connectivity index (χ0) is 19.4. The molecule has 0 aromatic carbocycles. The van der Waals surface area contributed by atoms with Gasteiger partial charge in [-0.15, -0.1) is 0 Å². The van der Waals surface area contributed by atoms with Crippen LogP contribution in [0.2, 0.25) is 0 Å². The summed E-state index contributed by atoms with van der Waals surface area (Å²) in [6, 6.07) is 0. The van der Waals surface area contributed by atoms with Gasteiger partial charge in [-0.3, -0.25) is 9.78 Å². The first-order valence-electron chi connectivity index (χ1n) is 10.0. The second-order valence-corrected chi connectivity index (χ2v) is 9.40. The minimum atomic E-state index is -0.239. The highest BCUT2D eigenvalue weighted by Crippen LogP contribution is 2.41. The van der Waals surface area contributed by atoms with Gasteiger partial charge in [0, 0.05) is 47.8 Å². The average molecular weight is 373 g/mol. The van der Waals surface area contributed by atoms with Gasteiger partial charge in [0.05, 0.1) is 36.8 Å². The van der Waals surface area contributed by atoms with Crippen molar-refractivity contribution in [3.05, 3.63) is 33.9 Å². The van der Waals surface area contributed by atoms with E-state index in [-0.39, 0.29) is 11.0 Å². The second-order valence-electron chi connectivity index (χ2n) is 9.40. The van der Waals surface area contributed by atoms with E-state index in [9.17, 15) is 0 Å². The Morgan fingerprint density at radius 2 is 2.04 bits per heavy atom. The topological polar surface area (TPSA) is 65.0 Å². The molecule has 0 aliphatic carbocycles. The minimum absolute atomic E-state index is 0.0980.